The van der Waals surface area contributed by atoms with Gasteiger partial charge in [-0.3, -0.25) is 14.7 Å². The number of nitrogens with zero attached hydrogens (tertiary/aromatic N) is 3. The van der Waals surface area contributed by atoms with Gasteiger partial charge in [0.1, 0.15) is 0 Å². The van der Waals surface area contributed by atoms with Crippen LogP contribution in [0.5, 0.6) is 0 Å². The highest BCUT2D eigenvalue weighted by Crippen LogP contribution is 2.24. The van der Waals surface area contributed by atoms with Crippen molar-refractivity contribution < 1.29 is 4.79 Å². The van der Waals surface area contributed by atoms with Crippen molar-refractivity contribution in [3.05, 3.63) is 70.5 Å². The van der Waals surface area contributed by atoms with Crippen LogP contribution in [0.4, 0.5) is 5.69 Å². The Hall–Kier alpha value is -3.04. The average molecular weight is 438 g/mol. The molecule has 0 unspecified atom stereocenters. The van der Waals surface area contributed by atoms with Crippen LogP contribution in [0.15, 0.2) is 69.4 Å². The summed E-state index contributed by atoms with van der Waals surface area (Å²) < 4.78 is 1.51. The van der Waals surface area contributed by atoms with Crippen LogP contribution in [0, 0.1) is 6.92 Å². The highest BCUT2D eigenvalue weighted by atomic mass is 32.2. The van der Waals surface area contributed by atoms with Crippen molar-refractivity contribution >= 4 is 40.8 Å². The number of hydrogen-bond acceptors (Lipinski definition) is 6. The van der Waals surface area contributed by atoms with Crippen LogP contribution in [-0.2, 0) is 4.79 Å². The third-order valence-corrected chi connectivity index (χ3v) is 6.06. The summed E-state index contributed by atoms with van der Waals surface area (Å²) >= 11 is 2.85. The Bertz CT molecular complexity index is 1280. The van der Waals surface area contributed by atoms with E-state index in [0.29, 0.717) is 16.6 Å². The van der Waals surface area contributed by atoms with Gasteiger partial charge in [0.25, 0.3) is 5.56 Å². The highest BCUT2D eigenvalue weighted by Gasteiger charge is 2.14. The minimum absolute atomic E-state index is 0.142. The summed E-state index contributed by atoms with van der Waals surface area (Å²) in [5, 5.41) is 6.08. The molecule has 4 rings (SSSR count). The van der Waals surface area contributed by atoms with E-state index in [-0.39, 0.29) is 17.2 Å². The molecule has 0 radical (unpaired) electrons. The first-order valence-corrected chi connectivity index (χ1v) is 11.4. The van der Waals surface area contributed by atoms with Crippen LogP contribution < -0.4 is 10.9 Å². The van der Waals surface area contributed by atoms with E-state index in [1.165, 1.54) is 22.3 Å². The number of aryl methyl sites for hydroxylation is 1. The molecular formula is C21H19N5O2S2. The van der Waals surface area contributed by atoms with Gasteiger partial charge >= 0.3 is 0 Å². The Balaban J connectivity index is 1.59. The van der Waals surface area contributed by atoms with E-state index >= 15 is 0 Å². The van der Waals surface area contributed by atoms with Gasteiger partial charge in [-0.1, -0.05) is 42.1 Å². The molecule has 9 heteroatoms. The molecular weight excluding hydrogens is 418 g/mol. The fraction of sp³-hybridized carbons (Fsp3) is 0.143. The zero-order valence-electron chi connectivity index (χ0n) is 16.4. The van der Waals surface area contributed by atoms with E-state index < -0.39 is 0 Å². The minimum Gasteiger partial charge on any atom is -0.325 e. The lowest BCUT2D eigenvalue weighted by Gasteiger charge is -2.09. The number of benzene rings is 2. The average Bonchev–Trinajstić information content (AvgIpc) is 3.12. The van der Waals surface area contributed by atoms with Gasteiger partial charge in [-0.05, 0) is 36.9 Å². The summed E-state index contributed by atoms with van der Waals surface area (Å²) in [6.45, 7) is 1.98. The summed E-state index contributed by atoms with van der Waals surface area (Å²) in [4.78, 5) is 34.5. The second-order valence-electron chi connectivity index (χ2n) is 6.53. The van der Waals surface area contributed by atoms with E-state index in [1.807, 2.05) is 61.7 Å². The first-order valence-electron chi connectivity index (χ1n) is 9.16. The zero-order chi connectivity index (χ0) is 21.1. The van der Waals surface area contributed by atoms with Gasteiger partial charge in [0.05, 0.1) is 5.75 Å². The Morgan fingerprint density at radius 3 is 2.77 bits per heavy atom. The van der Waals surface area contributed by atoms with Crippen molar-refractivity contribution in [3.63, 3.8) is 0 Å². The minimum atomic E-state index is -0.272. The van der Waals surface area contributed by atoms with Gasteiger partial charge in [0.2, 0.25) is 5.91 Å². The smallest absolute Gasteiger partial charge is 0.266 e. The third-order valence-electron chi connectivity index (χ3n) is 4.40. The van der Waals surface area contributed by atoms with E-state index in [4.69, 9.17) is 0 Å². The van der Waals surface area contributed by atoms with Gasteiger partial charge in [-0.25, -0.2) is 14.5 Å². The van der Waals surface area contributed by atoms with Crippen molar-refractivity contribution in [2.24, 2.45) is 0 Å². The van der Waals surface area contributed by atoms with Crippen molar-refractivity contribution in [1.82, 2.24) is 19.6 Å². The van der Waals surface area contributed by atoms with E-state index in [1.54, 1.807) is 11.8 Å². The predicted octanol–water partition coefficient (Wildman–Crippen LogP) is 3.85. The van der Waals surface area contributed by atoms with Crippen molar-refractivity contribution in [2.75, 3.05) is 17.3 Å². The molecule has 2 heterocycles. The van der Waals surface area contributed by atoms with Gasteiger partial charge < -0.3 is 5.32 Å². The molecule has 2 aromatic carbocycles. The van der Waals surface area contributed by atoms with Crippen LogP contribution in [0.25, 0.3) is 17.0 Å². The number of H-pyrrole nitrogens is 1. The lowest BCUT2D eigenvalue weighted by molar-refractivity contribution is -0.113. The standard InChI is InChI=1S/C21H19N5O2S2/c1-13-6-3-4-9-16(13)20-23-17-11-18(27)25-26(17)21(24-20)30-12-19(28)22-14-7-5-8-15(10-14)29-2/h3-11H,12H2,1-2H3,(H,22,28)(H,25,27). The number of thioether (sulfide) groups is 2. The van der Waals surface area contributed by atoms with Gasteiger partial charge in [-0.2, -0.15) is 0 Å². The lowest BCUT2D eigenvalue weighted by atomic mass is 10.1. The summed E-state index contributed by atoms with van der Waals surface area (Å²) in [6.07, 6.45) is 1.99. The number of aromatic amines is 1. The molecule has 0 spiro atoms. The molecule has 4 aromatic rings. The predicted molar refractivity (Wildman–Crippen MR) is 121 cm³/mol. The molecule has 1 amide bonds. The molecule has 0 fully saturated rings. The number of fused-ring (bicyclic) bond motifs is 1. The number of carbonyl (C=O) groups excluding carboxylic acids is 1. The van der Waals surface area contributed by atoms with Crippen LogP contribution >= 0.6 is 23.5 Å². The zero-order valence-corrected chi connectivity index (χ0v) is 18.0. The summed E-state index contributed by atoms with van der Waals surface area (Å²) in [7, 11) is 0. The Labute approximate surface area is 181 Å². The number of rotatable bonds is 6. The molecule has 2 N–H and O–H groups in total. The maximum absolute atomic E-state index is 12.5. The summed E-state index contributed by atoms with van der Waals surface area (Å²) in [6, 6.07) is 16.9. The number of carbonyl (C=O) groups is 1. The third kappa shape index (κ3) is 4.42. The number of aromatic nitrogens is 4. The largest absolute Gasteiger partial charge is 0.325 e. The second kappa shape index (κ2) is 8.76. The Morgan fingerprint density at radius 1 is 1.13 bits per heavy atom. The molecule has 2 aromatic heterocycles. The van der Waals surface area contributed by atoms with E-state index in [0.717, 1.165) is 21.7 Å². The summed E-state index contributed by atoms with van der Waals surface area (Å²) in [5.74, 6) is 0.503. The van der Waals surface area contributed by atoms with Gasteiger partial charge in [0.15, 0.2) is 16.6 Å². The van der Waals surface area contributed by atoms with Crippen molar-refractivity contribution in [3.8, 4) is 11.4 Å². The molecule has 30 heavy (non-hydrogen) atoms. The van der Waals surface area contributed by atoms with Crippen LogP contribution in [-0.4, -0.2) is 37.5 Å². The fourth-order valence-electron chi connectivity index (χ4n) is 2.95. The molecule has 0 saturated heterocycles. The maximum atomic E-state index is 12.5. The van der Waals surface area contributed by atoms with Crippen molar-refractivity contribution in [2.45, 2.75) is 17.0 Å². The number of amides is 1. The van der Waals surface area contributed by atoms with Crippen LogP contribution in [0.3, 0.4) is 0 Å². The SMILES string of the molecule is CSc1cccc(NC(=O)CSc2nc(-c3ccccc3C)nc3cc(=O)[nH]n23)c1. The monoisotopic (exact) mass is 437 g/mol. The molecule has 0 atom stereocenters. The Morgan fingerprint density at radius 2 is 1.97 bits per heavy atom. The molecule has 7 nitrogen and oxygen atoms in total. The molecule has 152 valence electrons. The second-order valence-corrected chi connectivity index (χ2v) is 8.35. The topological polar surface area (TPSA) is 92.2 Å². The number of hydrogen-bond donors (Lipinski definition) is 2. The summed E-state index contributed by atoms with van der Waals surface area (Å²) in [5.41, 5.74) is 2.85. The van der Waals surface area contributed by atoms with Gasteiger partial charge in [0, 0.05) is 22.2 Å². The quantitative estimate of drug-likeness (QED) is 0.445. The molecule has 0 aliphatic carbocycles. The fourth-order valence-corrected chi connectivity index (χ4v) is 4.16. The van der Waals surface area contributed by atoms with Crippen LogP contribution in [0.1, 0.15) is 5.56 Å². The normalized spacial score (nSPS) is 11.0. The first kappa shape index (κ1) is 20.2. The van der Waals surface area contributed by atoms with E-state index in [9.17, 15) is 9.59 Å². The molecule has 0 aliphatic heterocycles. The van der Waals surface area contributed by atoms with Gasteiger partial charge in [-0.15, -0.1) is 11.8 Å². The lowest BCUT2D eigenvalue weighted by Crippen LogP contribution is -2.15. The number of anilines is 1. The van der Waals surface area contributed by atoms with Crippen molar-refractivity contribution in [1.29, 1.82) is 0 Å². The Kier molecular flexibility index (Phi) is 5.91. The maximum Gasteiger partial charge on any atom is 0.266 e. The molecule has 0 saturated carbocycles. The van der Waals surface area contributed by atoms with Crippen LogP contribution in [0.2, 0.25) is 0 Å². The number of nitrogens with one attached hydrogen (secondary N) is 2. The van der Waals surface area contributed by atoms with E-state index in [2.05, 4.69) is 20.4 Å². The first-order chi connectivity index (χ1) is 14.5. The molecule has 0 aliphatic rings. The molecule has 0 bridgehead atoms. The highest BCUT2D eigenvalue weighted by molar-refractivity contribution is 7.99.